The first kappa shape index (κ1) is 18.3. The van der Waals surface area contributed by atoms with Gasteiger partial charge in [-0.3, -0.25) is 0 Å². The summed E-state index contributed by atoms with van der Waals surface area (Å²) in [5, 5.41) is 15.3. The van der Waals surface area contributed by atoms with Crippen LogP contribution >= 0.6 is 0 Å². The van der Waals surface area contributed by atoms with Crippen molar-refractivity contribution in [2.24, 2.45) is 0 Å². The van der Waals surface area contributed by atoms with E-state index in [1.807, 2.05) is 45.2 Å². The Morgan fingerprint density at radius 1 is 1.32 bits per heavy atom. The molecule has 0 aliphatic rings. The number of anilines is 2. The molecule has 22 heavy (non-hydrogen) atoms. The van der Waals surface area contributed by atoms with Crippen LogP contribution in [0, 0.1) is 0 Å². The average molecular weight is 307 g/mol. The van der Waals surface area contributed by atoms with Crippen LogP contribution in [0.25, 0.3) is 0 Å². The standard InChI is InChI=1S/C17H29N3O2/c1-6-17(7-2,12-21)19-16(22)18-14-9-8-10-15(11-14)20(5)13(3)4/h8-11,13,21H,6-7,12H2,1-5H3,(H2,18,19,22). The molecule has 0 unspecified atom stereocenters. The Kier molecular flexibility index (Phi) is 6.68. The van der Waals surface area contributed by atoms with Crippen LogP contribution in [0.3, 0.4) is 0 Å². The van der Waals surface area contributed by atoms with Gasteiger partial charge in [0.25, 0.3) is 0 Å². The third-order valence-electron chi connectivity index (χ3n) is 4.32. The zero-order valence-electron chi connectivity index (χ0n) is 14.3. The normalized spacial score (nSPS) is 11.4. The predicted octanol–water partition coefficient (Wildman–Crippen LogP) is 3.20. The Bertz CT molecular complexity index is 476. The van der Waals surface area contributed by atoms with E-state index < -0.39 is 5.54 Å². The minimum atomic E-state index is -0.559. The minimum Gasteiger partial charge on any atom is -0.394 e. The quantitative estimate of drug-likeness (QED) is 0.725. The molecule has 1 rings (SSSR count). The van der Waals surface area contributed by atoms with Gasteiger partial charge in [-0.25, -0.2) is 4.79 Å². The lowest BCUT2D eigenvalue weighted by Crippen LogP contribution is -2.52. The molecule has 124 valence electrons. The second kappa shape index (κ2) is 8.03. The van der Waals surface area contributed by atoms with E-state index in [0.717, 1.165) is 11.4 Å². The molecule has 0 heterocycles. The maximum Gasteiger partial charge on any atom is 0.319 e. The molecule has 0 bridgehead atoms. The van der Waals surface area contributed by atoms with E-state index >= 15 is 0 Å². The van der Waals surface area contributed by atoms with Crippen molar-refractivity contribution in [2.45, 2.75) is 52.1 Å². The molecular formula is C17H29N3O2. The van der Waals surface area contributed by atoms with Gasteiger partial charge in [-0.1, -0.05) is 19.9 Å². The third-order valence-corrected chi connectivity index (χ3v) is 4.32. The SMILES string of the molecule is CCC(CC)(CO)NC(=O)Nc1cccc(N(C)C(C)C)c1. The lowest BCUT2D eigenvalue weighted by molar-refractivity contribution is 0.155. The van der Waals surface area contributed by atoms with E-state index in [1.165, 1.54) is 0 Å². The molecule has 0 atom stereocenters. The van der Waals surface area contributed by atoms with Crippen LogP contribution in [0.4, 0.5) is 16.2 Å². The summed E-state index contributed by atoms with van der Waals surface area (Å²) in [6.07, 6.45) is 1.37. The molecule has 0 aromatic heterocycles. The van der Waals surface area contributed by atoms with Crippen molar-refractivity contribution >= 4 is 17.4 Å². The number of urea groups is 1. The maximum absolute atomic E-state index is 12.2. The van der Waals surface area contributed by atoms with E-state index in [-0.39, 0.29) is 12.6 Å². The summed E-state index contributed by atoms with van der Waals surface area (Å²) >= 11 is 0. The Morgan fingerprint density at radius 3 is 2.45 bits per heavy atom. The number of benzene rings is 1. The van der Waals surface area contributed by atoms with Crippen molar-refractivity contribution in [2.75, 3.05) is 23.9 Å². The fraction of sp³-hybridized carbons (Fsp3) is 0.588. The number of rotatable bonds is 7. The van der Waals surface area contributed by atoms with Crippen molar-refractivity contribution < 1.29 is 9.90 Å². The lowest BCUT2D eigenvalue weighted by Gasteiger charge is -2.30. The summed E-state index contributed by atoms with van der Waals surface area (Å²) < 4.78 is 0. The largest absolute Gasteiger partial charge is 0.394 e. The zero-order chi connectivity index (χ0) is 16.8. The molecule has 5 heteroatoms. The van der Waals surface area contributed by atoms with Crippen molar-refractivity contribution in [3.05, 3.63) is 24.3 Å². The number of nitrogens with zero attached hydrogens (tertiary/aromatic N) is 1. The summed E-state index contributed by atoms with van der Waals surface area (Å²) in [7, 11) is 2.02. The lowest BCUT2D eigenvalue weighted by atomic mass is 9.94. The summed E-state index contributed by atoms with van der Waals surface area (Å²) in [5.74, 6) is 0. The molecule has 0 spiro atoms. The van der Waals surface area contributed by atoms with Gasteiger partial charge in [0.1, 0.15) is 0 Å². The van der Waals surface area contributed by atoms with Gasteiger partial charge in [-0.2, -0.15) is 0 Å². The van der Waals surface area contributed by atoms with Gasteiger partial charge in [0.15, 0.2) is 0 Å². The maximum atomic E-state index is 12.2. The van der Waals surface area contributed by atoms with Gasteiger partial charge < -0.3 is 20.6 Å². The predicted molar refractivity (Wildman–Crippen MR) is 92.5 cm³/mol. The zero-order valence-corrected chi connectivity index (χ0v) is 14.3. The van der Waals surface area contributed by atoms with Crippen LogP contribution in [0.5, 0.6) is 0 Å². The number of aliphatic hydroxyl groups excluding tert-OH is 1. The summed E-state index contributed by atoms with van der Waals surface area (Å²) in [6.45, 7) is 8.08. The van der Waals surface area contributed by atoms with Crippen molar-refractivity contribution in [1.82, 2.24) is 5.32 Å². The molecule has 3 N–H and O–H groups in total. The van der Waals surface area contributed by atoms with E-state index in [9.17, 15) is 9.90 Å². The molecule has 5 nitrogen and oxygen atoms in total. The highest BCUT2D eigenvalue weighted by atomic mass is 16.3. The molecule has 1 aromatic carbocycles. The second-order valence-electron chi connectivity index (χ2n) is 5.98. The van der Waals surface area contributed by atoms with Gasteiger partial charge >= 0.3 is 6.03 Å². The molecule has 2 amide bonds. The summed E-state index contributed by atoms with van der Waals surface area (Å²) in [4.78, 5) is 14.3. The smallest absolute Gasteiger partial charge is 0.319 e. The summed E-state index contributed by atoms with van der Waals surface area (Å²) in [5.41, 5.74) is 1.23. The number of nitrogens with one attached hydrogen (secondary N) is 2. The molecule has 1 aromatic rings. The molecule has 0 radical (unpaired) electrons. The van der Waals surface area contributed by atoms with Crippen LogP contribution in [-0.2, 0) is 0 Å². The minimum absolute atomic E-state index is 0.0659. The highest BCUT2D eigenvalue weighted by molar-refractivity contribution is 5.90. The highest BCUT2D eigenvalue weighted by Crippen LogP contribution is 2.20. The molecule has 0 aliphatic heterocycles. The van der Waals surface area contributed by atoms with Crippen molar-refractivity contribution in [3.8, 4) is 0 Å². The Balaban J connectivity index is 2.78. The molecule has 0 aliphatic carbocycles. The number of hydrogen-bond donors (Lipinski definition) is 3. The van der Waals surface area contributed by atoms with E-state index in [0.29, 0.717) is 18.9 Å². The fourth-order valence-electron chi connectivity index (χ4n) is 2.19. The topological polar surface area (TPSA) is 64.6 Å². The first-order chi connectivity index (χ1) is 10.4. The average Bonchev–Trinajstić information content (AvgIpc) is 2.52. The van der Waals surface area contributed by atoms with Crippen molar-refractivity contribution in [1.29, 1.82) is 0 Å². The number of carbonyl (C=O) groups is 1. The van der Waals surface area contributed by atoms with Crippen LogP contribution in [0.1, 0.15) is 40.5 Å². The first-order valence-electron chi connectivity index (χ1n) is 7.90. The Hall–Kier alpha value is -1.75. The fourth-order valence-corrected chi connectivity index (χ4v) is 2.19. The van der Waals surface area contributed by atoms with Gasteiger partial charge in [0.2, 0.25) is 0 Å². The molecule has 0 saturated carbocycles. The van der Waals surface area contributed by atoms with Crippen LogP contribution in [0.15, 0.2) is 24.3 Å². The Labute approximate surface area is 133 Å². The van der Waals surface area contributed by atoms with Crippen LogP contribution < -0.4 is 15.5 Å². The monoisotopic (exact) mass is 307 g/mol. The van der Waals surface area contributed by atoms with E-state index in [4.69, 9.17) is 0 Å². The molecule has 0 saturated heterocycles. The van der Waals surface area contributed by atoms with Gasteiger partial charge in [0.05, 0.1) is 12.1 Å². The molecular weight excluding hydrogens is 278 g/mol. The van der Waals surface area contributed by atoms with Crippen LogP contribution in [0.2, 0.25) is 0 Å². The number of amides is 2. The number of hydrogen-bond acceptors (Lipinski definition) is 3. The number of carbonyl (C=O) groups excluding carboxylic acids is 1. The van der Waals surface area contributed by atoms with E-state index in [1.54, 1.807) is 0 Å². The van der Waals surface area contributed by atoms with Crippen molar-refractivity contribution in [3.63, 3.8) is 0 Å². The highest BCUT2D eigenvalue weighted by Gasteiger charge is 2.27. The van der Waals surface area contributed by atoms with Crippen LogP contribution in [-0.4, -0.2) is 36.4 Å². The first-order valence-corrected chi connectivity index (χ1v) is 7.90. The Morgan fingerprint density at radius 2 is 1.95 bits per heavy atom. The van der Waals surface area contributed by atoms with E-state index in [2.05, 4.69) is 29.4 Å². The second-order valence-corrected chi connectivity index (χ2v) is 5.98. The molecule has 0 fully saturated rings. The van der Waals surface area contributed by atoms with Gasteiger partial charge in [0, 0.05) is 24.5 Å². The summed E-state index contributed by atoms with van der Waals surface area (Å²) in [6, 6.07) is 7.82. The van der Waals surface area contributed by atoms with Gasteiger partial charge in [-0.05, 0) is 44.9 Å². The number of aliphatic hydroxyl groups is 1. The van der Waals surface area contributed by atoms with Gasteiger partial charge in [-0.15, -0.1) is 0 Å². The third kappa shape index (κ3) is 4.63.